The number of nitro benzene ring substituents is 1. The standard InChI is InChI=1S/C11H10BrN3O3S/c12-7-5-8-10(6-9(7)15(16)17)19-11(13-8)14-1-3-18-4-2-14/h5-6H,1-4H2. The van der Waals surface area contributed by atoms with Gasteiger partial charge in [-0.15, -0.1) is 0 Å². The van der Waals surface area contributed by atoms with Gasteiger partial charge in [-0.1, -0.05) is 11.3 Å². The summed E-state index contributed by atoms with van der Waals surface area (Å²) in [5, 5.41) is 11.8. The number of anilines is 1. The molecule has 0 amide bonds. The molecule has 6 nitrogen and oxygen atoms in total. The van der Waals surface area contributed by atoms with E-state index in [0.29, 0.717) is 17.7 Å². The Morgan fingerprint density at radius 2 is 2.16 bits per heavy atom. The summed E-state index contributed by atoms with van der Waals surface area (Å²) in [5.41, 5.74) is 0.855. The van der Waals surface area contributed by atoms with Crippen LogP contribution in [0.5, 0.6) is 0 Å². The normalized spacial score (nSPS) is 15.9. The van der Waals surface area contributed by atoms with Crippen LogP contribution in [0.4, 0.5) is 10.8 Å². The molecule has 0 spiro atoms. The molecule has 0 saturated carbocycles. The number of fused-ring (bicyclic) bond motifs is 1. The minimum Gasteiger partial charge on any atom is -0.378 e. The van der Waals surface area contributed by atoms with E-state index in [-0.39, 0.29) is 5.69 Å². The predicted molar refractivity (Wildman–Crippen MR) is 77.0 cm³/mol. The molecule has 0 bridgehead atoms. The topological polar surface area (TPSA) is 68.5 Å². The van der Waals surface area contributed by atoms with Crippen LogP contribution in [0.2, 0.25) is 0 Å². The fraction of sp³-hybridized carbons (Fsp3) is 0.364. The molecule has 2 heterocycles. The Morgan fingerprint density at radius 3 is 2.84 bits per heavy atom. The van der Waals surface area contributed by atoms with Crippen molar-refractivity contribution >= 4 is 48.3 Å². The number of hydrogen-bond acceptors (Lipinski definition) is 6. The van der Waals surface area contributed by atoms with Crippen molar-refractivity contribution in [2.75, 3.05) is 31.2 Å². The first kappa shape index (κ1) is 12.8. The summed E-state index contributed by atoms with van der Waals surface area (Å²) in [7, 11) is 0. The zero-order chi connectivity index (χ0) is 13.4. The minimum absolute atomic E-state index is 0.0738. The molecule has 3 rings (SSSR count). The highest BCUT2D eigenvalue weighted by Gasteiger charge is 2.19. The molecule has 0 unspecified atom stereocenters. The zero-order valence-corrected chi connectivity index (χ0v) is 12.2. The number of thiazole rings is 1. The van der Waals surface area contributed by atoms with Crippen LogP contribution >= 0.6 is 27.3 Å². The van der Waals surface area contributed by atoms with E-state index in [2.05, 4.69) is 25.8 Å². The number of benzene rings is 1. The molecule has 1 saturated heterocycles. The highest BCUT2D eigenvalue weighted by atomic mass is 79.9. The number of halogens is 1. The summed E-state index contributed by atoms with van der Waals surface area (Å²) in [4.78, 5) is 17.2. The van der Waals surface area contributed by atoms with Gasteiger partial charge < -0.3 is 9.64 Å². The quantitative estimate of drug-likeness (QED) is 0.619. The van der Waals surface area contributed by atoms with Crippen LogP contribution in [-0.2, 0) is 4.74 Å². The van der Waals surface area contributed by atoms with Gasteiger partial charge in [-0.05, 0) is 22.0 Å². The summed E-state index contributed by atoms with van der Waals surface area (Å²) in [5.74, 6) is 0. The number of aromatic nitrogens is 1. The van der Waals surface area contributed by atoms with Crippen LogP contribution in [-0.4, -0.2) is 36.2 Å². The van der Waals surface area contributed by atoms with Gasteiger partial charge in [0.05, 0.1) is 32.8 Å². The van der Waals surface area contributed by atoms with Crippen molar-refractivity contribution in [1.29, 1.82) is 0 Å². The molecular formula is C11H10BrN3O3S. The first-order chi connectivity index (χ1) is 9.15. The molecule has 8 heteroatoms. The first-order valence-electron chi connectivity index (χ1n) is 5.72. The fourth-order valence-corrected chi connectivity index (χ4v) is 3.46. The SMILES string of the molecule is O=[N+]([O-])c1cc2sc(N3CCOCC3)nc2cc1Br. The van der Waals surface area contributed by atoms with Gasteiger partial charge in [-0.2, -0.15) is 0 Å². The monoisotopic (exact) mass is 343 g/mol. The lowest BCUT2D eigenvalue weighted by molar-refractivity contribution is -0.385. The predicted octanol–water partition coefficient (Wildman–Crippen LogP) is 2.80. The van der Waals surface area contributed by atoms with Gasteiger partial charge in [-0.3, -0.25) is 10.1 Å². The summed E-state index contributed by atoms with van der Waals surface area (Å²) < 4.78 is 6.60. The number of nitro groups is 1. The Hall–Kier alpha value is -1.25. The molecule has 100 valence electrons. The lowest BCUT2D eigenvalue weighted by Crippen LogP contribution is -2.36. The Kier molecular flexibility index (Phi) is 3.38. The highest BCUT2D eigenvalue weighted by molar-refractivity contribution is 9.10. The van der Waals surface area contributed by atoms with Crippen LogP contribution < -0.4 is 4.90 Å². The maximum Gasteiger partial charge on any atom is 0.285 e. The van der Waals surface area contributed by atoms with Crippen molar-refractivity contribution in [1.82, 2.24) is 4.98 Å². The highest BCUT2D eigenvalue weighted by Crippen LogP contribution is 2.35. The maximum atomic E-state index is 10.9. The summed E-state index contributed by atoms with van der Waals surface area (Å²) in [6, 6.07) is 3.27. The third kappa shape index (κ3) is 2.43. The average Bonchev–Trinajstić information content (AvgIpc) is 2.81. The number of ether oxygens (including phenoxy) is 1. The molecule has 1 aliphatic rings. The molecular weight excluding hydrogens is 334 g/mol. The largest absolute Gasteiger partial charge is 0.378 e. The van der Waals surface area contributed by atoms with E-state index in [9.17, 15) is 10.1 Å². The van der Waals surface area contributed by atoms with E-state index in [1.165, 1.54) is 11.3 Å². The molecule has 1 fully saturated rings. The Bertz CT molecular complexity index is 639. The number of morpholine rings is 1. The lowest BCUT2D eigenvalue weighted by Gasteiger charge is -2.25. The van der Waals surface area contributed by atoms with E-state index in [0.717, 1.165) is 28.4 Å². The molecule has 2 aromatic rings. The molecule has 0 atom stereocenters. The van der Waals surface area contributed by atoms with Crippen LogP contribution in [0, 0.1) is 10.1 Å². The van der Waals surface area contributed by atoms with Crippen LogP contribution in [0.15, 0.2) is 16.6 Å². The Balaban J connectivity index is 2.02. The van der Waals surface area contributed by atoms with Crippen LogP contribution in [0.1, 0.15) is 0 Å². The Morgan fingerprint density at radius 1 is 1.42 bits per heavy atom. The number of nitrogens with zero attached hydrogens (tertiary/aromatic N) is 3. The molecule has 0 aliphatic carbocycles. The van der Waals surface area contributed by atoms with Crippen LogP contribution in [0.25, 0.3) is 10.2 Å². The van der Waals surface area contributed by atoms with Gasteiger partial charge in [-0.25, -0.2) is 4.98 Å². The lowest BCUT2D eigenvalue weighted by atomic mass is 10.3. The van der Waals surface area contributed by atoms with Crippen molar-refractivity contribution in [2.45, 2.75) is 0 Å². The molecule has 0 radical (unpaired) electrons. The van der Waals surface area contributed by atoms with E-state index < -0.39 is 4.92 Å². The summed E-state index contributed by atoms with van der Waals surface area (Å²) in [6.45, 7) is 3.01. The average molecular weight is 344 g/mol. The number of rotatable bonds is 2. The van der Waals surface area contributed by atoms with Crippen molar-refractivity contribution in [3.05, 3.63) is 26.7 Å². The van der Waals surface area contributed by atoms with Gasteiger partial charge >= 0.3 is 0 Å². The van der Waals surface area contributed by atoms with Crippen LogP contribution in [0.3, 0.4) is 0 Å². The molecule has 1 aliphatic heterocycles. The van der Waals surface area contributed by atoms with E-state index in [1.807, 2.05) is 0 Å². The van der Waals surface area contributed by atoms with E-state index in [4.69, 9.17) is 4.74 Å². The van der Waals surface area contributed by atoms with Crippen molar-refractivity contribution in [2.24, 2.45) is 0 Å². The fourth-order valence-electron chi connectivity index (χ4n) is 1.96. The second kappa shape index (κ2) is 5.03. The second-order valence-electron chi connectivity index (χ2n) is 4.12. The van der Waals surface area contributed by atoms with Gasteiger partial charge in [0, 0.05) is 19.2 Å². The van der Waals surface area contributed by atoms with Crippen molar-refractivity contribution in [3.63, 3.8) is 0 Å². The third-order valence-electron chi connectivity index (χ3n) is 2.92. The molecule has 0 N–H and O–H groups in total. The number of hydrogen-bond donors (Lipinski definition) is 0. The molecule has 19 heavy (non-hydrogen) atoms. The van der Waals surface area contributed by atoms with Gasteiger partial charge in [0.2, 0.25) is 0 Å². The van der Waals surface area contributed by atoms with Crippen molar-refractivity contribution in [3.8, 4) is 0 Å². The zero-order valence-electron chi connectivity index (χ0n) is 9.84. The second-order valence-corrected chi connectivity index (χ2v) is 5.99. The Labute approximate surface area is 121 Å². The molecule has 1 aromatic heterocycles. The minimum atomic E-state index is -0.391. The summed E-state index contributed by atoms with van der Waals surface area (Å²) >= 11 is 4.69. The van der Waals surface area contributed by atoms with Crippen molar-refractivity contribution < 1.29 is 9.66 Å². The van der Waals surface area contributed by atoms with Gasteiger partial charge in [0.25, 0.3) is 5.69 Å². The smallest absolute Gasteiger partial charge is 0.285 e. The summed E-state index contributed by atoms with van der Waals surface area (Å²) in [6.07, 6.45) is 0. The van der Waals surface area contributed by atoms with Gasteiger partial charge in [0.1, 0.15) is 0 Å². The van der Waals surface area contributed by atoms with Gasteiger partial charge in [0.15, 0.2) is 5.13 Å². The first-order valence-corrected chi connectivity index (χ1v) is 7.33. The molecule has 1 aromatic carbocycles. The maximum absolute atomic E-state index is 10.9. The third-order valence-corrected chi connectivity index (χ3v) is 4.64. The van der Waals surface area contributed by atoms with E-state index in [1.54, 1.807) is 12.1 Å². The van der Waals surface area contributed by atoms with E-state index >= 15 is 0 Å².